The van der Waals surface area contributed by atoms with Gasteiger partial charge in [-0.3, -0.25) is 14.7 Å². The summed E-state index contributed by atoms with van der Waals surface area (Å²) in [5, 5.41) is 0. The zero-order valence-electron chi connectivity index (χ0n) is 22.8. The van der Waals surface area contributed by atoms with E-state index >= 15 is 0 Å². The molecule has 1 aliphatic heterocycles. The molecule has 0 unspecified atom stereocenters. The fourth-order valence-electron chi connectivity index (χ4n) is 4.96. The van der Waals surface area contributed by atoms with Crippen LogP contribution in [-0.2, 0) is 31.4 Å². The Balaban J connectivity index is 0.00000337. The van der Waals surface area contributed by atoms with E-state index in [1.54, 1.807) is 18.5 Å². The molecule has 1 amide bonds. The molecule has 2 heterocycles. The maximum Gasteiger partial charge on any atom is 0.416 e. The standard InChI is InChI=1S/C29H26F9N3O.2ClH/c30-27(31,32)22-7-5-19(6-8-22)13-25-18-40(10-2-4-20-3-1-9-39-17-20)11-12-41(25)26(42)21-14-23(28(33,34)35)16-24(15-21)29(36,37)38;;/h1,3,5-9,14-17,25H,2,4,10-13,18H2;2*1H/t25-;;/m1../s1. The summed E-state index contributed by atoms with van der Waals surface area (Å²) in [6.45, 7) is 1.13. The number of pyridine rings is 1. The molecule has 0 bridgehead atoms. The number of amides is 1. The van der Waals surface area contributed by atoms with Gasteiger partial charge in [0.05, 0.1) is 16.7 Å². The minimum atomic E-state index is -5.12. The van der Waals surface area contributed by atoms with Gasteiger partial charge < -0.3 is 4.90 Å². The smallest absolute Gasteiger partial charge is 0.333 e. The molecule has 0 saturated carbocycles. The lowest BCUT2D eigenvalue weighted by atomic mass is 9.98. The van der Waals surface area contributed by atoms with E-state index in [-0.39, 0.29) is 50.4 Å². The number of halogens is 11. The number of aromatic nitrogens is 1. The first-order valence-electron chi connectivity index (χ1n) is 13.0. The Morgan fingerprint density at radius 2 is 1.36 bits per heavy atom. The Bertz CT molecular complexity index is 1330. The molecule has 0 radical (unpaired) electrons. The first-order valence-corrected chi connectivity index (χ1v) is 13.0. The molecule has 1 saturated heterocycles. The number of benzene rings is 2. The van der Waals surface area contributed by atoms with Crippen LogP contribution in [-0.4, -0.2) is 52.9 Å². The van der Waals surface area contributed by atoms with Gasteiger partial charge in [-0.2, -0.15) is 39.5 Å². The molecular formula is C29H28Cl2F9N3O. The third-order valence-corrected chi connectivity index (χ3v) is 7.08. The molecule has 0 N–H and O–H groups in total. The van der Waals surface area contributed by atoms with Crippen LogP contribution in [0.4, 0.5) is 39.5 Å². The van der Waals surface area contributed by atoms with Crippen molar-refractivity contribution in [3.05, 3.63) is 100 Å². The van der Waals surface area contributed by atoms with Gasteiger partial charge in [-0.25, -0.2) is 0 Å². The second kappa shape index (κ2) is 14.8. The second-order valence-electron chi connectivity index (χ2n) is 10.1. The number of carbonyl (C=O) groups excluding carboxylic acids is 1. The number of aryl methyl sites for hydroxylation is 1. The van der Waals surface area contributed by atoms with E-state index in [2.05, 4.69) is 4.98 Å². The maximum absolute atomic E-state index is 13.5. The van der Waals surface area contributed by atoms with Crippen LogP contribution < -0.4 is 0 Å². The highest BCUT2D eigenvalue weighted by Gasteiger charge is 2.39. The number of alkyl halides is 9. The lowest BCUT2D eigenvalue weighted by molar-refractivity contribution is -0.143. The van der Waals surface area contributed by atoms with Crippen LogP contribution in [0.15, 0.2) is 67.0 Å². The van der Waals surface area contributed by atoms with Gasteiger partial charge in [-0.1, -0.05) is 18.2 Å². The minimum Gasteiger partial charge on any atom is -0.333 e. The van der Waals surface area contributed by atoms with E-state index in [0.29, 0.717) is 37.2 Å². The van der Waals surface area contributed by atoms with Gasteiger partial charge in [-0.05, 0) is 73.3 Å². The minimum absolute atomic E-state index is 0. The van der Waals surface area contributed by atoms with Crippen LogP contribution in [0.25, 0.3) is 0 Å². The SMILES string of the molecule is Cl.Cl.O=C(c1cc(C(F)(F)F)cc(C(F)(F)F)c1)N1CCN(CCCc2cccnc2)C[C@H]1Cc1ccc(C(F)(F)F)cc1. The molecule has 0 spiro atoms. The lowest BCUT2D eigenvalue weighted by Crippen LogP contribution is -2.56. The van der Waals surface area contributed by atoms with Crippen molar-refractivity contribution in [3.63, 3.8) is 0 Å². The molecule has 1 aromatic heterocycles. The maximum atomic E-state index is 13.5. The Morgan fingerprint density at radius 3 is 1.89 bits per heavy atom. The highest BCUT2D eigenvalue weighted by Crippen LogP contribution is 2.37. The Morgan fingerprint density at radius 1 is 0.773 bits per heavy atom. The highest BCUT2D eigenvalue weighted by atomic mass is 35.5. The third-order valence-electron chi connectivity index (χ3n) is 7.08. The predicted octanol–water partition coefficient (Wildman–Crippen LogP) is 7.98. The summed E-state index contributed by atoms with van der Waals surface area (Å²) in [6.07, 6.45) is -9.95. The van der Waals surface area contributed by atoms with Crippen LogP contribution in [0.3, 0.4) is 0 Å². The number of nitrogens with zero attached hydrogens (tertiary/aromatic N) is 3. The van der Waals surface area contributed by atoms with Crippen LogP contribution in [0.5, 0.6) is 0 Å². The van der Waals surface area contributed by atoms with E-state index in [4.69, 9.17) is 0 Å². The molecule has 242 valence electrons. The highest BCUT2D eigenvalue weighted by molar-refractivity contribution is 5.95. The number of hydrogen-bond acceptors (Lipinski definition) is 3. The average molecular weight is 676 g/mol. The van der Waals surface area contributed by atoms with Crippen molar-refractivity contribution in [1.82, 2.24) is 14.8 Å². The van der Waals surface area contributed by atoms with Crippen molar-refractivity contribution in [1.29, 1.82) is 0 Å². The van der Waals surface area contributed by atoms with E-state index in [1.807, 2.05) is 11.0 Å². The van der Waals surface area contributed by atoms with Crippen LogP contribution in [0.2, 0.25) is 0 Å². The summed E-state index contributed by atoms with van der Waals surface area (Å²) < 4.78 is 120. The average Bonchev–Trinajstić information content (AvgIpc) is 2.92. The van der Waals surface area contributed by atoms with Crippen molar-refractivity contribution in [2.75, 3.05) is 26.2 Å². The summed E-state index contributed by atoms with van der Waals surface area (Å²) in [6, 6.07) is 8.02. The normalized spacial score (nSPS) is 16.2. The van der Waals surface area contributed by atoms with Gasteiger partial charge in [0.1, 0.15) is 0 Å². The van der Waals surface area contributed by atoms with Gasteiger partial charge in [0.15, 0.2) is 0 Å². The predicted molar refractivity (Wildman–Crippen MR) is 150 cm³/mol. The van der Waals surface area contributed by atoms with Gasteiger partial charge >= 0.3 is 18.5 Å². The van der Waals surface area contributed by atoms with E-state index in [1.165, 1.54) is 17.0 Å². The number of rotatable bonds is 7. The van der Waals surface area contributed by atoms with Gasteiger partial charge in [0, 0.05) is 43.6 Å². The van der Waals surface area contributed by atoms with Crippen LogP contribution in [0.1, 0.15) is 44.6 Å². The lowest BCUT2D eigenvalue weighted by Gasteiger charge is -2.42. The fraction of sp³-hybridized carbons (Fsp3) is 0.379. The van der Waals surface area contributed by atoms with Crippen LogP contribution >= 0.6 is 24.8 Å². The van der Waals surface area contributed by atoms with Crippen LogP contribution in [0, 0.1) is 0 Å². The van der Waals surface area contributed by atoms with Gasteiger partial charge in [-0.15, -0.1) is 24.8 Å². The summed E-state index contributed by atoms with van der Waals surface area (Å²) in [4.78, 5) is 20.8. The quantitative estimate of drug-likeness (QED) is 0.238. The summed E-state index contributed by atoms with van der Waals surface area (Å²) >= 11 is 0. The molecule has 1 fully saturated rings. The molecule has 2 aromatic carbocycles. The van der Waals surface area contributed by atoms with Crippen molar-refractivity contribution in [2.24, 2.45) is 0 Å². The number of hydrogen-bond donors (Lipinski definition) is 0. The van der Waals surface area contributed by atoms with E-state index in [0.717, 1.165) is 24.1 Å². The Labute approximate surface area is 260 Å². The summed E-state index contributed by atoms with van der Waals surface area (Å²) in [7, 11) is 0. The molecule has 15 heteroatoms. The summed E-state index contributed by atoms with van der Waals surface area (Å²) in [5.41, 5.74) is -3.40. The second-order valence-corrected chi connectivity index (χ2v) is 10.1. The zero-order valence-corrected chi connectivity index (χ0v) is 24.5. The molecule has 0 aliphatic carbocycles. The van der Waals surface area contributed by atoms with E-state index in [9.17, 15) is 44.3 Å². The van der Waals surface area contributed by atoms with Gasteiger partial charge in [0.2, 0.25) is 0 Å². The third kappa shape index (κ3) is 9.73. The molecule has 1 aliphatic rings. The topological polar surface area (TPSA) is 36.4 Å². The van der Waals surface area contributed by atoms with Crippen molar-refractivity contribution < 1.29 is 44.3 Å². The van der Waals surface area contributed by atoms with E-state index < -0.39 is 52.7 Å². The molecule has 4 nitrogen and oxygen atoms in total. The van der Waals surface area contributed by atoms with Gasteiger partial charge in [0.25, 0.3) is 5.91 Å². The molecule has 44 heavy (non-hydrogen) atoms. The first-order chi connectivity index (χ1) is 19.6. The monoisotopic (exact) mass is 675 g/mol. The molecule has 3 aromatic rings. The molecule has 1 atom stereocenters. The first kappa shape index (κ1) is 37.2. The van der Waals surface area contributed by atoms with Crippen molar-refractivity contribution >= 4 is 30.7 Å². The van der Waals surface area contributed by atoms with Crippen molar-refractivity contribution in [3.8, 4) is 0 Å². The zero-order chi connectivity index (χ0) is 30.7. The Kier molecular flexibility index (Phi) is 12.5. The fourth-order valence-corrected chi connectivity index (χ4v) is 4.96. The molecule has 4 rings (SSSR count). The Hall–Kier alpha value is -3.03. The largest absolute Gasteiger partial charge is 0.416 e. The number of carbonyl (C=O) groups is 1. The molecular weight excluding hydrogens is 648 g/mol. The summed E-state index contributed by atoms with van der Waals surface area (Å²) in [5.74, 6) is -1.02. The van der Waals surface area contributed by atoms with Crippen molar-refractivity contribution in [2.45, 2.75) is 43.8 Å². The number of piperazine rings is 1.